The predicted octanol–water partition coefficient (Wildman–Crippen LogP) is 2.66. The summed E-state index contributed by atoms with van der Waals surface area (Å²) in [5, 5.41) is 9.93. The molecule has 0 heterocycles. The van der Waals surface area contributed by atoms with Gasteiger partial charge in [-0.05, 0) is 38.3 Å². The standard InChI is InChI=1S/C13H27NO/c1-13(2,3)9-10-14(4)11-7-5-6-8-12(11)15/h11-12,15H,5-10H2,1-4H3. The maximum atomic E-state index is 9.93. The number of hydrogen-bond acceptors (Lipinski definition) is 2. The number of hydrogen-bond donors (Lipinski definition) is 1. The van der Waals surface area contributed by atoms with E-state index in [1.807, 2.05) is 0 Å². The third kappa shape index (κ3) is 4.52. The van der Waals surface area contributed by atoms with Crippen LogP contribution in [0.3, 0.4) is 0 Å². The van der Waals surface area contributed by atoms with E-state index in [2.05, 4.69) is 32.7 Å². The van der Waals surface area contributed by atoms with Gasteiger partial charge in [0.1, 0.15) is 0 Å². The summed E-state index contributed by atoms with van der Waals surface area (Å²) in [5.74, 6) is 0. The summed E-state index contributed by atoms with van der Waals surface area (Å²) in [7, 11) is 2.16. The minimum Gasteiger partial charge on any atom is -0.391 e. The molecule has 0 aliphatic heterocycles. The Kier molecular flexibility index (Phi) is 4.60. The van der Waals surface area contributed by atoms with Gasteiger partial charge in [-0.15, -0.1) is 0 Å². The first-order chi connectivity index (χ1) is 6.90. The van der Waals surface area contributed by atoms with E-state index in [9.17, 15) is 5.11 Å². The first-order valence-corrected chi connectivity index (χ1v) is 6.28. The summed E-state index contributed by atoms with van der Waals surface area (Å²) in [6.07, 6.45) is 5.74. The average Bonchev–Trinajstić information content (AvgIpc) is 2.14. The highest BCUT2D eigenvalue weighted by Crippen LogP contribution is 2.24. The molecule has 0 aromatic rings. The summed E-state index contributed by atoms with van der Waals surface area (Å²) >= 11 is 0. The lowest BCUT2D eigenvalue weighted by atomic mass is 9.89. The molecule has 15 heavy (non-hydrogen) atoms. The molecule has 1 aliphatic carbocycles. The molecule has 2 unspecified atom stereocenters. The summed E-state index contributed by atoms with van der Waals surface area (Å²) < 4.78 is 0. The first kappa shape index (κ1) is 13.0. The molecule has 0 radical (unpaired) electrons. The predicted molar refractivity (Wildman–Crippen MR) is 65.0 cm³/mol. The number of nitrogens with zero attached hydrogens (tertiary/aromatic N) is 1. The Balaban J connectivity index is 2.35. The molecule has 0 aromatic carbocycles. The fourth-order valence-corrected chi connectivity index (χ4v) is 2.28. The molecule has 1 saturated carbocycles. The van der Waals surface area contributed by atoms with E-state index in [0.29, 0.717) is 11.5 Å². The Morgan fingerprint density at radius 3 is 2.33 bits per heavy atom. The first-order valence-electron chi connectivity index (χ1n) is 6.28. The van der Waals surface area contributed by atoms with Crippen LogP contribution in [0.2, 0.25) is 0 Å². The van der Waals surface area contributed by atoms with E-state index >= 15 is 0 Å². The van der Waals surface area contributed by atoms with Crippen molar-refractivity contribution in [3.05, 3.63) is 0 Å². The normalized spacial score (nSPS) is 28.4. The molecule has 2 heteroatoms. The van der Waals surface area contributed by atoms with Gasteiger partial charge in [-0.3, -0.25) is 0 Å². The van der Waals surface area contributed by atoms with Gasteiger partial charge in [0.15, 0.2) is 0 Å². The Labute approximate surface area is 94.7 Å². The number of rotatable bonds is 3. The second-order valence-electron chi connectivity index (χ2n) is 6.21. The van der Waals surface area contributed by atoms with Crippen molar-refractivity contribution in [1.29, 1.82) is 0 Å². The molecule has 0 bridgehead atoms. The van der Waals surface area contributed by atoms with Crippen molar-refractivity contribution in [3.8, 4) is 0 Å². The van der Waals surface area contributed by atoms with Gasteiger partial charge in [0.05, 0.1) is 6.10 Å². The molecule has 1 aliphatic rings. The highest BCUT2D eigenvalue weighted by Gasteiger charge is 2.26. The zero-order valence-electron chi connectivity index (χ0n) is 10.8. The quantitative estimate of drug-likeness (QED) is 0.779. The second kappa shape index (κ2) is 5.31. The monoisotopic (exact) mass is 213 g/mol. The SMILES string of the molecule is CN(CCC(C)(C)C)C1CCCCC1O. The highest BCUT2D eigenvalue weighted by atomic mass is 16.3. The average molecular weight is 213 g/mol. The minimum absolute atomic E-state index is 0.0938. The van der Waals surface area contributed by atoms with Crippen molar-refractivity contribution < 1.29 is 5.11 Å². The zero-order chi connectivity index (χ0) is 11.5. The van der Waals surface area contributed by atoms with Crippen LogP contribution in [-0.2, 0) is 0 Å². The third-order valence-corrected chi connectivity index (χ3v) is 3.47. The molecule has 2 atom stereocenters. The van der Waals surface area contributed by atoms with Gasteiger partial charge >= 0.3 is 0 Å². The van der Waals surface area contributed by atoms with Crippen molar-refractivity contribution in [2.75, 3.05) is 13.6 Å². The number of aliphatic hydroxyl groups is 1. The van der Waals surface area contributed by atoms with Crippen LogP contribution in [0, 0.1) is 5.41 Å². The van der Waals surface area contributed by atoms with Crippen molar-refractivity contribution in [3.63, 3.8) is 0 Å². The Morgan fingerprint density at radius 2 is 1.80 bits per heavy atom. The van der Waals surface area contributed by atoms with Crippen molar-refractivity contribution in [2.24, 2.45) is 5.41 Å². The van der Waals surface area contributed by atoms with Gasteiger partial charge in [-0.2, -0.15) is 0 Å². The fraction of sp³-hybridized carbons (Fsp3) is 1.00. The minimum atomic E-state index is -0.0938. The lowest BCUT2D eigenvalue weighted by Crippen LogP contribution is -2.44. The number of aliphatic hydroxyl groups excluding tert-OH is 1. The molecule has 0 amide bonds. The molecular formula is C13H27NO. The molecule has 0 spiro atoms. The molecule has 1 N–H and O–H groups in total. The van der Waals surface area contributed by atoms with Crippen LogP contribution in [-0.4, -0.2) is 35.7 Å². The van der Waals surface area contributed by atoms with Gasteiger partial charge in [0.25, 0.3) is 0 Å². The van der Waals surface area contributed by atoms with E-state index in [-0.39, 0.29) is 6.10 Å². The molecule has 2 nitrogen and oxygen atoms in total. The maximum Gasteiger partial charge on any atom is 0.0695 e. The van der Waals surface area contributed by atoms with Crippen LogP contribution in [0.4, 0.5) is 0 Å². The number of likely N-dealkylation sites (N-methyl/N-ethyl adjacent to an activating group) is 1. The van der Waals surface area contributed by atoms with E-state index in [4.69, 9.17) is 0 Å². The van der Waals surface area contributed by atoms with Crippen LogP contribution in [0.1, 0.15) is 52.9 Å². The molecular weight excluding hydrogens is 186 g/mol. The lowest BCUT2D eigenvalue weighted by molar-refractivity contribution is 0.0282. The molecule has 1 fully saturated rings. The van der Waals surface area contributed by atoms with E-state index in [0.717, 1.165) is 13.0 Å². The van der Waals surface area contributed by atoms with Crippen molar-refractivity contribution in [2.45, 2.75) is 65.0 Å². The van der Waals surface area contributed by atoms with E-state index in [1.165, 1.54) is 25.7 Å². The molecule has 0 saturated heterocycles. The smallest absolute Gasteiger partial charge is 0.0695 e. The summed E-state index contributed by atoms with van der Waals surface area (Å²) in [6, 6.07) is 0.404. The molecule has 1 rings (SSSR count). The van der Waals surface area contributed by atoms with E-state index < -0.39 is 0 Å². The van der Waals surface area contributed by atoms with Gasteiger partial charge < -0.3 is 10.0 Å². The maximum absolute atomic E-state index is 9.93. The fourth-order valence-electron chi connectivity index (χ4n) is 2.28. The van der Waals surface area contributed by atoms with Crippen LogP contribution >= 0.6 is 0 Å². The Hall–Kier alpha value is -0.0800. The van der Waals surface area contributed by atoms with E-state index in [1.54, 1.807) is 0 Å². The second-order valence-corrected chi connectivity index (χ2v) is 6.21. The Morgan fingerprint density at radius 1 is 1.20 bits per heavy atom. The zero-order valence-corrected chi connectivity index (χ0v) is 10.8. The van der Waals surface area contributed by atoms with Gasteiger partial charge in [0, 0.05) is 6.04 Å². The van der Waals surface area contributed by atoms with Crippen LogP contribution < -0.4 is 0 Å². The van der Waals surface area contributed by atoms with Gasteiger partial charge in [0.2, 0.25) is 0 Å². The van der Waals surface area contributed by atoms with Crippen LogP contribution in [0.15, 0.2) is 0 Å². The largest absolute Gasteiger partial charge is 0.391 e. The summed E-state index contributed by atoms with van der Waals surface area (Å²) in [6.45, 7) is 7.93. The molecule has 0 aromatic heterocycles. The van der Waals surface area contributed by atoms with Gasteiger partial charge in [-0.25, -0.2) is 0 Å². The topological polar surface area (TPSA) is 23.5 Å². The third-order valence-electron chi connectivity index (χ3n) is 3.47. The summed E-state index contributed by atoms with van der Waals surface area (Å²) in [5.41, 5.74) is 0.397. The van der Waals surface area contributed by atoms with Crippen molar-refractivity contribution in [1.82, 2.24) is 4.90 Å². The van der Waals surface area contributed by atoms with Gasteiger partial charge in [-0.1, -0.05) is 33.6 Å². The highest BCUT2D eigenvalue weighted by molar-refractivity contribution is 4.82. The molecule has 90 valence electrons. The summed E-state index contributed by atoms with van der Waals surface area (Å²) in [4.78, 5) is 2.36. The van der Waals surface area contributed by atoms with Crippen LogP contribution in [0.25, 0.3) is 0 Å². The Bertz CT molecular complexity index is 185. The van der Waals surface area contributed by atoms with Crippen molar-refractivity contribution >= 4 is 0 Å². The lowest BCUT2D eigenvalue weighted by Gasteiger charge is -2.36. The van der Waals surface area contributed by atoms with Crippen LogP contribution in [0.5, 0.6) is 0 Å².